The third-order valence-electron chi connectivity index (χ3n) is 3.99. The van der Waals surface area contributed by atoms with Crippen molar-refractivity contribution in [3.05, 3.63) is 29.5 Å². The van der Waals surface area contributed by atoms with Crippen LogP contribution in [0, 0.1) is 6.92 Å². The summed E-state index contributed by atoms with van der Waals surface area (Å²) in [6, 6.07) is 1.78. The number of hydrogen-bond acceptors (Lipinski definition) is 6. The standard InChI is InChI=1S/C13H17N5O4S/c1-9-12(15-11(16(9)2)13(19)22-3)23(20,21)17-6-7-18-10(8-17)4-5-14-18/h4-5H,6-8H2,1-3H3. The lowest BCUT2D eigenvalue weighted by molar-refractivity contribution is 0.0582. The second-order valence-electron chi connectivity index (χ2n) is 5.26. The van der Waals surface area contributed by atoms with E-state index in [1.54, 1.807) is 30.9 Å². The predicted molar refractivity (Wildman–Crippen MR) is 79.1 cm³/mol. The monoisotopic (exact) mass is 339 g/mol. The van der Waals surface area contributed by atoms with Crippen LogP contribution in [0.2, 0.25) is 0 Å². The van der Waals surface area contributed by atoms with Gasteiger partial charge in [0, 0.05) is 19.8 Å². The molecule has 0 radical (unpaired) electrons. The van der Waals surface area contributed by atoms with Gasteiger partial charge in [-0.1, -0.05) is 0 Å². The smallest absolute Gasteiger partial charge is 0.374 e. The van der Waals surface area contributed by atoms with Gasteiger partial charge in [0.1, 0.15) is 0 Å². The number of sulfonamides is 1. The summed E-state index contributed by atoms with van der Waals surface area (Å²) in [5.74, 6) is -0.709. The van der Waals surface area contributed by atoms with Crippen LogP contribution in [-0.4, -0.2) is 51.7 Å². The largest absolute Gasteiger partial charge is 0.463 e. The molecule has 0 atom stereocenters. The van der Waals surface area contributed by atoms with Crippen molar-refractivity contribution in [2.24, 2.45) is 7.05 Å². The zero-order valence-electron chi connectivity index (χ0n) is 13.1. The molecule has 2 aromatic rings. The number of nitrogens with zero attached hydrogens (tertiary/aromatic N) is 5. The Balaban J connectivity index is 2.00. The Kier molecular flexibility index (Phi) is 3.72. The Morgan fingerprint density at radius 1 is 1.35 bits per heavy atom. The molecule has 0 spiro atoms. The maximum absolute atomic E-state index is 12.9. The van der Waals surface area contributed by atoms with Crippen LogP contribution in [0.3, 0.4) is 0 Å². The predicted octanol–water partition coefficient (Wildman–Crippen LogP) is -0.0839. The summed E-state index contributed by atoms with van der Waals surface area (Å²) in [5, 5.41) is 4.01. The maximum atomic E-state index is 12.9. The molecule has 0 aliphatic carbocycles. The van der Waals surface area contributed by atoms with Crippen LogP contribution in [0.5, 0.6) is 0 Å². The molecule has 3 heterocycles. The van der Waals surface area contributed by atoms with E-state index in [2.05, 4.69) is 14.8 Å². The average molecular weight is 339 g/mol. The van der Waals surface area contributed by atoms with E-state index in [4.69, 9.17) is 0 Å². The number of esters is 1. The van der Waals surface area contributed by atoms with E-state index >= 15 is 0 Å². The number of carbonyl (C=O) groups excluding carboxylic acids is 1. The molecule has 0 amide bonds. The highest BCUT2D eigenvalue weighted by molar-refractivity contribution is 7.89. The van der Waals surface area contributed by atoms with Crippen molar-refractivity contribution in [3.63, 3.8) is 0 Å². The highest BCUT2D eigenvalue weighted by Gasteiger charge is 2.34. The molecule has 1 aliphatic rings. The minimum atomic E-state index is -3.80. The first kappa shape index (κ1) is 15.7. The van der Waals surface area contributed by atoms with Gasteiger partial charge in [-0.05, 0) is 13.0 Å². The molecule has 10 heteroatoms. The van der Waals surface area contributed by atoms with Gasteiger partial charge in [0.05, 0.1) is 31.6 Å². The van der Waals surface area contributed by atoms with Gasteiger partial charge < -0.3 is 9.30 Å². The summed E-state index contributed by atoms with van der Waals surface area (Å²) in [7, 11) is -0.994. The van der Waals surface area contributed by atoms with Crippen LogP contribution in [0.15, 0.2) is 17.3 Å². The van der Waals surface area contributed by atoms with E-state index in [1.165, 1.54) is 16.0 Å². The minimum Gasteiger partial charge on any atom is -0.463 e. The molecule has 0 aromatic carbocycles. The van der Waals surface area contributed by atoms with Gasteiger partial charge in [0.15, 0.2) is 5.03 Å². The number of fused-ring (bicyclic) bond motifs is 1. The van der Waals surface area contributed by atoms with Crippen molar-refractivity contribution < 1.29 is 17.9 Å². The molecule has 0 bridgehead atoms. The van der Waals surface area contributed by atoms with Gasteiger partial charge in [-0.3, -0.25) is 4.68 Å². The van der Waals surface area contributed by atoms with E-state index in [-0.39, 0.29) is 17.4 Å². The summed E-state index contributed by atoms with van der Waals surface area (Å²) in [6.07, 6.45) is 1.65. The molecule has 3 rings (SSSR count). The van der Waals surface area contributed by atoms with Crippen molar-refractivity contribution in [3.8, 4) is 0 Å². The molecule has 23 heavy (non-hydrogen) atoms. The van der Waals surface area contributed by atoms with Crippen molar-refractivity contribution in [2.75, 3.05) is 13.7 Å². The molecule has 0 saturated heterocycles. The van der Waals surface area contributed by atoms with Gasteiger partial charge in [0.25, 0.3) is 10.0 Å². The SMILES string of the molecule is COC(=O)c1nc(S(=O)(=O)N2CCn3nccc3C2)c(C)n1C. The van der Waals surface area contributed by atoms with E-state index in [0.717, 1.165) is 5.69 Å². The van der Waals surface area contributed by atoms with Crippen molar-refractivity contribution >= 4 is 16.0 Å². The van der Waals surface area contributed by atoms with Crippen molar-refractivity contribution in [1.82, 2.24) is 23.6 Å². The Labute approximate surface area is 133 Å². The van der Waals surface area contributed by atoms with Gasteiger partial charge in [-0.25, -0.2) is 18.2 Å². The van der Waals surface area contributed by atoms with Gasteiger partial charge in [-0.15, -0.1) is 0 Å². The van der Waals surface area contributed by atoms with Crippen LogP contribution in [0.4, 0.5) is 0 Å². The first-order valence-electron chi connectivity index (χ1n) is 6.98. The summed E-state index contributed by atoms with van der Waals surface area (Å²) in [5.41, 5.74) is 1.21. The highest BCUT2D eigenvalue weighted by atomic mass is 32.2. The second-order valence-corrected chi connectivity index (χ2v) is 7.11. The Morgan fingerprint density at radius 2 is 2.09 bits per heavy atom. The fourth-order valence-corrected chi connectivity index (χ4v) is 4.14. The topological polar surface area (TPSA) is 99.3 Å². The fraction of sp³-hybridized carbons (Fsp3) is 0.462. The first-order valence-corrected chi connectivity index (χ1v) is 8.42. The highest BCUT2D eigenvalue weighted by Crippen LogP contribution is 2.23. The van der Waals surface area contributed by atoms with Crippen LogP contribution in [0.1, 0.15) is 22.0 Å². The van der Waals surface area contributed by atoms with Crippen LogP contribution < -0.4 is 0 Å². The summed E-state index contributed by atoms with van der Waals surface area (Å²) in [6.45, 7) is 2.63. The maximum Gasteiger partial charge on any atom is 0.374 e. The van der Waals surface area contributed by atoms with Crippen LogP contribution in [-0.2, 0) is 34.9 Å². The quantitative estimate of drug-likeness (QED) is 0.725. The number of imidazole rings is 1. The lowest BCUT2D eigenvalue weighted by atomic mass is 10.3. The summed E-state index contributed by atoms with van der Waals surface area (Å²) >= 11 is 0. The summed E-state index contributed by atoms with van der Waals surface area (Å²) in [4.78, 5) is 15.7. The zero-order valence-corrected chi connectivity index (χ0v) is 13.9. The summed E-state index contributed by atoms with van der Waals surface area (Å²) < 4.78 is 35.0. The van der Waals surface area contributed by atoms with Gasteiger partial charge in [-0.2, -0.15) is 9.40 Å². The number of rotatable bonds is 3. The molecule has 9 nitrogen and oxygen atoms in total. The lowest BCUT2D eigenvalue weighted by Gasteiger charge is -2.26. The molecule has 0 fully saturated rings. The number of aromatic nitrogens is 4. The number of methoxy groups -OCH3 is 1. The zero-order chi connectivity index (χ0) is 16.8. The molecule has 0 unspecified atom stereocenters. The van der Waals surface area contributed by atoms with E-state index < -0.39 is 16.0 Å². The Morgan fingerprint density at radius 3 is 2.78 bits per heavy atom. The molecular formula is C13H17N5O4S. The average Bonchev–Trinajstić information content (AvgIpc) is 3.12. The van der Waals surface area contributed by atoms with Gasteiger partial charge in [0.2, 0.25) is 5.82 Å². The second kappa shape index (κ2) is 5.46. The third kappa shape index (κ3) is 2.43. The molecule has 0 N–H and O–H groups in total. The first-order chi connectivity index (χ1) is 10.9. The van der Waals surface area contributed by atoms with E-state index in [9.17, 15) is 13.2 Å². The fourth-order valence-electron chi connectivity index (χ4n) is 2.56. The Hall–Kier alpha value is -2.20. The molecule has 2 aromatic heterocycles. The van der Waals surface area contributed by atoms with E-state index in [0.29, 0.717) is 18.8 Å². The number of hydrogen-bond donors (Lipinski definition) is 0. The normalized spacial score (nSPS) is 15.4. The van der Waals surface area contributed by atoms with Crippen molar-refractivity contribution in [2.45, 2.75) is 25.0 Å². The van der Waals surface area contributed by atoms with Gasteiger partial charge >= 0.3 is 5.97 Å². The lowest BCUT2D eigenvalue weighted by Crippen LogP contribution is -2.38. The third-order valence-corrected chi connectivity index (χ3v) is 5.86. The number of carbonyl (C=O) groups is 1. The number of ether oxygens (including phenoxy) is 1. The molecule has 1 aliphatic heterocycles. The Bertz CT molecular complexity index is 867. The molecule has 124 valence electrons. The minimum absolute atomic E-state index is 0.0365. The van der Waals surface area contributed by atoms with E-state index in [1.807, 2.05) is 0 Å². The molecular weight excluding hydrogens is 322 g/mol. The van der Waals surface area contributed by atoms with Crippen molar-refractivity contribution in [1.29, 1.82) is 0 Å². The van der Waals surface area contributed by atoms with Crippen LogP contribution >= 0.6 is 0 Å². The molecule has 0 saturated carbocycles. The van der Waals surface area contributed by atoms with Crippen LogP contribution in [0.25, 0.3) is 0 Å².